The molecule has 0 amide bonds. The fourth-order valence-corrected chi connectivity index (χ4v) is 11.7. The van der Waals surface area contributed by atoms with E-state index in [-0.39, 0.29) is 51.0 Å². The van der Waals surface area contributed by atoms with Crippen LogP contribution in [0.4, 0.5) is 0 Å². The summed E-state index contributed by atoms with van der Waals surface area (Å²) in [5.41, 5.74) is 0.396. The zero-order valence-electron chi connectivity index (χ0n) is 24.8. The Morgan fingerprint density at radius 1 is 0.641 bits per heavy atom. The van der Waals surface area contributed by atoms with Crippen molar-refractivity contribution < 1.29 is 55.4 Å². The summed E-state index contributed by atoms with van der Waals surface area (Å²) >= 11 is 0. The minimum atomic E-state index is -1.47. The van der Waals surface area contributed by atoms with Gasteiger partial charge in [0.05, 0.1) is 0 Å². The topological polar surface area (TPSA) is 9.23 Å². The van der Waals surface area contributed by atoms with Crippen molar-refractivity contribution in [1.82, 2.24) is 0 Å². The molecule has 6 aliphatic rings. The van der Waals surface area contributed by atoms with E-state index in [1.807, 2.05) is 0 Å². The molecule has 0 heterocycles. The van der Waals surface area contributed by atoms with Crippen LogP contribution in [0.3, 0.4) is 0 Å². The summed E-state index contributed by atoms with van der Waals surface area (Å²) in [6.07, 6.45) is 34.5. The molecule has 6 rings (SSSR count). The van der Waals surface area contributed by atoms with Crippen LogP contribution < -0.4 is 24.8 Å². The molecule has 0 aliphatic heterocycles. The third-order valence-corrected chi connectivity index (χ3v) is 12.9. The third-order valence-electron chi connectivity index (χ3n) is 11.9. The summed E-state index contributed by atoms with van der Waals surface area (Å²) in [5.74, 6) is 8.49. The van der Waals surface area contributed by atoms with E-state index in [2.05, 4.69) is 75.2 Å². The molecule has 0 N–H and O–H groups in total. The van der Waals surface area contributed by atoms with Crippen molar-refractivity contribution >= 4 is 8.32 Å². The smallest absolute Gasteiger partial charge is 1.00 e. The van der Waals surface area contributed by atoms with Gasteiger partial charge in [0, 0.05) is 6.61 Å². The molecular weight excluding hydrogens is 615 g/mol. The first-order valence-corrected chi connectivity index (χ1v) is 19.1. The number of hydrogen-bond acceptors (Lipinski definition) is 1. The Balaban J connectivity index is 0.00000140. The van der Waals surface area contributed by atoms with Crippen molar-refractivity contribution in [2.24, 2.45) is 64.6 Å². The fourth-order valence-electron chi connectivity index (χ4n) is 10.9. The van der Waals surface area contributed by atoms with Crippen LogP contribution in [0.5, 0.6) is 0 Å². The third kappa shape index (κ3) is 6.44. The number of fused-ring (bicyclic) bond motifs is 6. The van der Waals surface area contributed by atoms with Gasteiger partial charge in [-0.25, -0.2) is 0 Å². The molecule has 0 aromatic carbocycles. The molecule has 0 aromatic rings. The van der Waals surface area contributed by atoms with Gasteiger partial charge in [-0.3, -0.25) is 0 Å². The monoisotopic (exact) mass is 664 g/mol. The minimum Gasteiger partial charge on any atom is -1.00 e. The maximum Gasteiger partial charge on any atom is 2.00 e. The zero-order valence-corrected chi connectivity index (χ0v) is 29.8. The number of allylic oxidation sites excluding steroid dienone is 8. The Bertz CT molecular complexity index is 863. The SMILES string of the molecule is CC(CCCO[Si](C)(C)C)(C1C2C=CC=CC2C2CCCCC21)C1C2C=CC=CC2C2CCCCC21.[Cl-].[Cl-].[Zr+2]. The van der Waals surface area contributed by atoms with Crippen molar-refractivity contribution in [3.8, 4) is 0 Å². The van der Waals surface area contributed by atoms with E-state index in [9.17, 15) is 0 Å². The van der Waals surface area contributed by atoms with Crippen molar-refractivity contribution in [3.05, 3.63) is 48.6 Å². The predicted octanol–water partition coefficient (Wildman–Crippen LogP) is 3.22. The Morgan fingerprint density at radius 2 is 1.03 bits per heavy atom. The first-order valence-electron chi connectivity index (χ1n) is 15.7. The van der Waals surface area contributed by atoms with Gasteiger partial charge in [-0.15, -0.1) is 0 Å². The van der Waals surface area contributed by atoms with Gasteiger partial charge in [0.2, 0.25) is 0 Å². The van der Waals surface area contributed by atoms with E-state index < -0.39 is 8.32 Å². The average Bonchev–Trinajstić information content (AvgIpc) is 3.40. The van der Waals surface area contributed by atoms with Gasteiger partial charge in [0.15, 0.2) is 8.32 Å². The fraction of sp³-hybridized carbons (Fsp3) is 0.765. The average molecular weight is 667 g/mol. The van der Waals surface area contributed by atoms with E-state index in [0.717, 1.165) is 65.8 Å². The molecule has 0 aromatic heterocycles. The minimum absolute atomic E-state index is 0. The van der Waals surface area contributed by atoms with E-state index in [4.69, 9.17) is 4.43 Å². The molecule has 1 nitrogen and oxygen atoms in total. The normalized spacial score (nSPS) is 41.1. The Labute approximate surface area is 272 Å². The largest absolute Gasteiger partial charge is 2.00 e. The van der Waals surface area contributed by atoms with Gasteiger partial charge < -0.3 is 29.2 Å². The molecule has 4 fully saturated rings. The summed E-state index contributed by atoms with van der Waals surface area (Å²) in [6, 6.07) is 0. The number of hydrogen-bond donors (Lipinski definition) is 0. The van der Waals surface area contributed by atoms with E-state index >= 15 is 0 Å². The van der Waals surface area contributed by atoms with Crippen LogP contribution in [0.25, 0.3) is 0 Å². The van der Waals surface area contributed by atoms with E-state index in [1.165, 1.54) is 64.2 Å². The van der Waals surface area contributed by atoms with Gasteiger partial charge in [0.1, 0.15) is 0 Å². The van der Waals surface area contributed by atoms with E-state index in [0.29, 0.717) is 5.41 Å². The molecule has 39 heavy (non-hydrogen) atoms. The van der Waals surface area contributed by atoms with Crippen molar-refractivity contribution in [3.63, 3.8) is 0 Å². The van der Waals surface area contributed by atoms with Crippen molar-refractivity contribution in [2.45, 2.75) is 90.8 Å². The first-order chi connectivity index (χ1) is 17.4. The van der Waals surface area contributed by atoms with Crippen LogP contribution in [-0.2, 0) is 30.6 Å². The molecule has 6 aliphatic carbocycles. The first kappa shape index (κ1) is 34.1. The number of halogens is 2. The second-order valence-corrected chi connectivity index (χ2v) is 19.2. The van der Waals surface area contributed by atoms with Crippen LogP contribution in [0.1, 0.15) is 71.1 Å². The molecule has 4 saturated carbocycles. The van der Waals surface area contributed by atoms with Crippen molar-refractivity contribution in [2.75, 3.05) is 6.61 Å². The molecule has 0 radical (unpaired) electrons. The Kier molecular flexibility index (Phi) is 12.2. The van der Waals surface area contributed by atoms with Crippen LogP contribution in [0.2, 0.25) is 19.6 Å². The predicted molar refractivity (Wildman–Crippen MR) is 155 cm³/mol. The maximum atomic E-state index is 6.47. The molecule has 5 heteroatoms. The molecule has 10 atom stereocenters. The number of rotatable bonds is 7. The summed E-state index contributed by atoms with van der Waals surface area (Å²) in [4.78, 5) is 0. The zero-order chi connectivity index (χ0) is 24.9. The van der Waals surface area contributed by atoms with Crippen LogP contribution in [0, 0.1) is 64.6 Å². The van der Waals surface area contributed by atoms with Gasteiger partial charge in [-0.1, -0.05) is 81.2 Å². The molecular formula is C34H52Cl2OSiZr. The molecule has 0 spiro atoms. The summed E-state index contributed by atoms with van der Waals surface area (Å²) < 4.78 is 6.47. The second-order valence-electron chi connectivity index (χ2n) is 14.7. The van der Waals surface area contributed by atoms with Crippen LogP contribution in [-0.4, -0.2) is 14.9 Å². The van der Waals surface area contributed by atoms with Crippen LogP contribution >= 0.6 is 0 Å². The second kappa shape index (κ2) is 13.9. The van der Waals surface area contributed by atoms with Gasteiger partial charge in [0.25, 0.3) is 0 Å². The van der Waals surface area contributed by atoms with Gasteiger partial charge >= 0.3 is 26.2 Å². The molecule has 0 saturated heterocycles. The van der Waals surface area contributed by atoms with Gasteiger partial charge in [-0.05, 0) is 123 Å². The molecule has 216 valence electrons. The quantitative estimate of drug-likeness (QED) is 0.300. The standard InChI is InChI=1S/C34H52OSi.2ClH.Zr/c1-34(22-13-23-35-36(2,3)4,32-28-18-9-5-14-24(28)25-15-6-10-19-29(25)32)33-30-20-11-7-16-26(30)27-17-8-12-21-31(27)33;;;/h5,7,9,11,14,16,18,20,24-33H,6,8,10,12-13,15,17,19,21-23H2,1-4H3;2*1H;/q;;;+2/p-2. The molecule has 10 unspecified atom stereocenters. The Morgan fingerprint density at radius 3 is 1.44 bits per heavy atom. The van der Waals surface area contributed by atoms with Gasteiger partial charge in [-0.2, -0.15) is 0 Å². The molecule has 0 bridgehead atoms. The maximum absolute atomic E-state index is 6.47. The Hall–Kier alpha value is 0.600. The summed E-state index contributed by atoms with van der Waals surface area (Å²) in [7, 11) is -1.47. The summed E-state index contributed by atoms with van der Waals surface area (Å²) in [5, 5.41) is 0. The summed E-state index contributed by atoms with van der Waals surface area (Å²) in [6.45, 7) is 10.9. The van der Waals surface area contributed by atoms with E-state index in [1.54, 1.807) is 0 Å². The van der Waals surface area contributed by atoms with Crippen molar-refractivity contribution in [1.29, 1.82) is 0 Å². The van der Waals surface area contributed by atoms with Crippen LogP contribution in [0.15, 0.2) is 48.6 Å².